The molecule has 2 aromatic rings. The standard InChI is InChI=1S/C21H23NO/c22-16-17-23-21(18-10-4-1-5-11-18,19-12-6-2-7-13-19)20-14-8-3-9-15-20/h1-8,10-14H,9,15-17,22H2. The van der Waals surface area contributed by atoms with Crippen molar-refractivity contribution in [3.8, 4) is 0 Å². The van der Waals surface area contributed by atoms with Crippen LogP contribution in [-0.4, -0.2) is 13.2 Å². The minimum Gasteiger partial charge on any atom is -0.360 e. The topological polar surface area (TPSA) is 35.2 Å². The predicted molar refractivity (Wildman–Crippen MR) is 95.1 cm³/mol. The molecule has 0 spiro atoms. The van der Waals surface area contributed by atoms with Crippen LogP contribution in [0.3, 0.4) is 0 Å². The van der Waals surface area contributed by atoms with Crippen molar-refractivity contribution in [3.63, 3.8) is 0 Å². The van der Waals surface area contributed by atoms with Crippen molar-refractivity contribution in [1.29, 1.82) is 0 Å². The summed E-state index contributed by atoms with van der Waals surface area (Å²) in [6.45, 7) is 1.02. The normalized spacial score (nSPS) is 14.6. The van der Waals surface area contributed by atoms with Crippen LogP contribution in [0.5, 0.6) is 0 Å². The molecule has 0 heterocycles. The second kappa shape index (κ2) is 7.40. The van der Waals surface area contributed by atoms with Gasteiger partial charge in [0.15, 0.2) is 0 Å². The van der Waals surface area contributed by atoms with Gasteiger partial charge in [-0.1, -0.05) is 78.9 Å². The van der Waals surface area contributed by atoms with Gasteiger partial charge in [0.1, 0.15) is 5.60 Å². The lowest BCUT2D eigenvalue weighted by atomic mass is 9.77. The van der Waals surface area contributed by atoms with E-state index >= 15 is 0 Å². The molecular formula is C21H23NO. The molecule has 0 fully saturated rings. The first-order valence-electron chi connectivity index (χ1n) is 8.19. The maximum atomic E-state index is 6.46. The third kappa shape index (κ3) is 3.14. The van der Waals surface area contributed by atoms with Crippen molar-refractivity contribution in [2.24, 2.45) is 5.73 Å². The van der Waals surface area contributed by atoms with Crippen molar-refractivity contribution >= 4 is 0 Å². The molecule has 0 bridgehead atoms. The molecule has 0 saturated carbocycles. The summed E-state index contributed by atoms with van der Waals surface area (Å²) in [7, 11) is 0. The van der Waals surface area contributed by atoms with Crippen molar-refractivity contribution in [1.82, 2.24) is 0 Å². The van der Waals surface area contributed by atoms with E-state index < -0.39 is 5.60 Å². The molecule has 23 heavy (non-hydrogen) atoms. The first-order chi connectivity index (χ1) is 11.4. The number of hydrogen-bond acceptors (Lipinski definition) is 2. The Morgan fingerprint density at radius 3 is 2.00 bits per heavy atom. The second-order valence-corrected chi connectivity index (χ2v) is 5.71. The Labute approximate surface area is 138 Å². The van der Waals surface area contributed by atoms with Crippen LogP contribution in [-0.2, 0) is 10.3 Å². The highest BCUT2D eigenvalue weighted by Crippen LogP contribution is 2.43. The van der Waals surface area contributed by atoms with Crippen LogP contribution < -0.4 is 5.73 Å². The summed E-state index contributed by atoms with van der Waals surface area (Å²) in [6, 6.07) is 20.9. The Bertz CT molecular complexity index is 634. The minimum atomic E-state index is -0.563. The van der Waals surface area contributed by atoms with Crippen molar-refractivity contribution in [2.45, 2.75) is 18.4 Å². The van der Waals surface area contributed by atoms with E-state index in [4.69, 9.17) is 10.5 Å². The molecule has 2 heteroatoms. The van der Waals surface area contributed by atoms with E-state index in [1.807, 2.05) is 12.1 Å². The van der Waals surface area contributed by atoms with Gasteiger partial charge in [-0.05, 0) is 29.5 Å². The fourth-order valence-electron chi connectivity index (χ4n) is 3.25. The quantitative estimate of drug-likeness (QED) is 0.869. The van der Waals surface area contributed by atoms with Crippen LogP contribution in [0.25, 0.3) is 0 Å². The number of ether oxygens (including phenoxy) is 1. The molecule has 0 unspecified atom stereocenters. The molecule has 0 aliphatic heterocycles. The van der Waals surface area contributed by atoms with E-state index in [0.717, 1.165) is 24.0 Å². The first-order valence-corrected chi connectivity index (χ1v) is 8.19. The van der Waals surface area contributed by atoms with Gasteiger partial charge in [0.2, 0.25) is 0 Å². The van der Waals surface area contributed by atoms with Gasteiger partial charge in [0.25, 0.3) is 0 Å². The Morgan fingerprint density at radius 2 is 1.52 bits per heavy atom. The maximum Gasteiger partial charge on any atom is 0.140 e. The SMILES string of the molecule is NCCOC(C1=CC=CCC1)(c1ccccc1)c1ccccc1. The maximum absolute atomic E-state index is 6.46. The summed E-state index contributed by atoms with van der Waals surface area (Å²) in [5.41, 5.74) is 8.79. The third-order valence-corrected chi connectivity index (χ3v) is 4.26. The highest BCUT2D eigenvalue weighted by molar-refractivity contribution is 5.47. The average Bonchev–Trinajstić information content (AvgIpc) is 2.65. The van der Waals surface area contributed by atoms with Crippen LogP contribution >= 0.6 is 0 Å². The number of allylic oxidation sites excluding steroid dienone is 3. The Balaban J connectivity index is 2.20. The molecule has 1 aliphatic rings. The Hall–Kier alpha value is -2.16. The molecule has 2 nitrogen and oxygen atoms in total. The number of nitrogens with two attached hydrogens (primary N) is 1. The van der Waals surface area contributed by atoms with Gasteiger partial charge in [0.05, 0.1) is 6.61 Å². The zero-order chi connectivity index (χ0) is 16.0. The fourth-order valence-corrected chi connectivity index (χ4v) is 3.25. The molecular weight excluding hydrogens is 282 g/mol. The molecule has 0 aromatic heterocycles. The summed E-state index contributed by atoms with van der Waals surface area (Å²) in [6.07, 6.45) is 8.56. The van der Waals surface area contributed by atoms with E-state index in [0.29, 0.717) is 13.2 Å². The molecule has 3 rings (SSSR count). The van der Waals surface area contributed by atoms with Gasteiger partial charge >= 0.3 is 0 Å². The summed E-state index contributed by atoms with van der Waals surface area (Å²) >= 11 is 0. The Kier molecular flexibility index (Phi) is 5.06. The molecule has 0 saturated heterocycles. The summed E-state index contributed by atoms with van der Waals surface area (Å²) in [5.74, 6) is 0. The summed E-state index contributed by atoms with van der Waals surface area (Å²) in [5, 5.41) is 0. The summed E-state index contributed by atoms with van der Waals surface area (Å²) in [4.78, 5) is 0. The largest absolute Gasteiger partial charge is 0.360 e. The van der Waals surface area contributed by atoms with Gasteiger partial charge in [-0.15, -0.1) is 0 Å². The third-order valence-electron chi connectivity index (χ3n) is 4.26. The molecule has 118 valence electrons. The van der Waals surface area contributed by atoms with Gasteiger partial charge < -0.3 is 10.5 Å². The summed E-state index contributed by atoms with van der Waals surface area (Å²) < 4.78 is 6.46. The zero-order valence-electron chi connectivity index (χ0n) is 13.3. The van der Waals surface area contributed by atoms with Crippen LogP contribution in [0, 0.1) is 0 Å². The van der Waals surface area contributed by atoms with Crippen LogP contribution in [0.4, 0.5) is 0 Å². The second-order valence-electron chi connectivity index (χ2n) is 5.71. The smallest absolute Gasteiger partial charge is 0.140 e. The van der Waals surface area contributed by atoms with Gasteiger partial charge in [-0.3, -0.25) is 0 Å². The molecule has 2 aromatic carbocycles. The molecule has 2 N–H and O–H groups in total. The van der Waals surface area contributed by atoms with E-state index in [2.05, 4.69) is 66.8 Å². The molecule has 0 radical (unpaired) electrons. The fraction of sp³-hybridized carbons (Fsp3) is 0.238. The number of rotatable bonds is 6. The highest BCUT2D eigenvalue weighted by Gasteiger charge is 2.38. The van der Waals surface area contributed by atoms with E-state index in [1.165, 1.54) is 5.57 Å². The minimum absolute atomic E-state index is 0.505. The number of benzene rings is 2. The van der Waals surface area contributed by atoms with Crippen molar-refractivity contribution < 1.29 is 4.74 Å². The van der Waals surface area contributed by atoms with E-state index in [9.17, 15) is 0 Å². The van der Waals surface area contributed by atoms with Crippen molar-refractivity contribution in [3.05, 3.63) is 95.6 Å². The molecule has 1 aliphatic carbocycles. The number of hydrogen-bond donors (Lipinski definition) is 1. The van der Waals surface area contributed by atoms with Crippen LogP contribution in [0.15, 0.2) is 84.5 Å². The van der Waals surface area contributed by atoms with E-state index in [-0.39, 0.29) is 0 Å². The van der Waals surface area contributed by atoms with Gasteiger partial charge in [-0.25, -0.2) is 0 Å². The van der Waals surface area contributed by atoms with Crippen LogP contribution in [0.2, 0.25) is 0 Å². The van der Waals surface area contributed by atoms with Crippen LogP contribution in [0.1, 0.15) is 24.0 Å². The first kappa shape index (κ1) is 15.7. The van der Waals surface area contributed by atoms with Gasteiger partial charge in [0, 0.05) is 6.54 Å². The molecule has 0 atom stereocenters. The lowest BCUT2D eigenvalue weighted by molar-refractivity contribution is 0.0122. The monoisotopic (exact) mass is 305 g/mol. The van der Waals surface area contributed by atoms with Crippen molar-refractivity contribution in [2.75, 3.05) is 13.2 Å². The van der Waals surface area contributed by atoms with Gasteiger partial charge in [-0.2, -0.15) is 0 Å². The lowest BCUT2D eigenvalue weighted by Gasteiger charge is -2.38. The average molecular weight is 305 g/mol. The Morgan fingerprint density at radius 1 is 0.913 bits per heavy atom. The zero-order valence-corrected chi connectivity index (χ0v) is 13.3. The highest BCUT2D eigenvalue weighted by atomic mass is 16.5. The lowest BCUT2D eigenvalue weighted by Crippen LogP contribution is -2.36. The molecule has 0 amide bonds. The van der Waals surface area contributed by atoms with E-state index in [1.54, 1.807) is 0 Å². The predicted octanol–water partition coefficient (Wildman–Crippen LogP) is 4.18.